The van der Waals surface area contributed by atoms with E-state index < -0.39 is 86.8 Å². The average Bonchev–Trinajstić information content (AvgIpc) is 3.61. The van der Waals surface area contributed by atoms with Gasteiger partial charge in [0.2, 0.25) is 5.91 Å². The molecule has 9 N–H and O–H groups in total. The summed E-state index contributed by atoms with van der Waals surface area (Å²) in [5.41, 5.74) is 0. The Morgan fingerprint density at radius 1 is 0.417 bits per heavy atom. The highest BCUT2D eigenvalue weighted by Crippen LogP contribution is 2.30. The van der Waals surface area contributed by atoms with E-state index in [4.69, 9.17) is 18.9 Å². The number of hydrogen-bond acceptors (Lipinski definition) is 13. The first kappa shape index (κ1) is 78.6. The van der Waals surface area contributed by atoms with Gasteiger partial charge in [-0.3, -0.25) is 4.79 Å². The van der Waals surface area contributed by atoms with E-state index in [0.29, 0.717) is 12.8 Å². The number of aliphatic hydroxyl groups excluding tert-OH is 8. The Morgan fingerprint density at radius 3 is 1.17 bits per heavy atom. The summed E-state index contributed by atoms with van der Waals surface area (Å²) in [5, 5.41) is 87.3. The van der Waals surface area contributed by atoms with Gasteiger partial charge in [-0.2, -0.15) is 0 Å². The number of allylic oxidation sites excluding steroid dienone is 3. The fourth-order valence-electron chi connectivity index (χ4n) is 12.0. The van der Waals surface area contributed by atoms with Crippen molar-refractivity contribution in [3.8, 4) is 0 Å². The molecule has 496 valence electrons. The van der Waals surface area contributed by atoms with Gasteiger partial charge in [0.15, 0.2) is 12.6 Å². The van der Waals surface area contributed by atoms with Gasteiger partial charge in [-0.25, -0.2) is 0 Å². The Hall–Kier alpha value is -1.53. The van der Waals surface area contributed by atoms with Crippen molar-refractivity contribution in [3.05, 3.63) is 24.3 Å². The standard InChI is InChI=1S/C70H133NO13/c1-3-5-7-9-11-13-15-17-19-21-22-23-24-25-26-27-28-29-30-31-32-33-34-35-36-38-40-42-44-46-48-50-52-54-62(75)71-58(59(74)53-51-49-47-45-43-41-39-37-20-18-16-14-12-10-8-6-4-2)57-81-69-67(80)65(78)68(61(56-73)83-69)84-70-66(79)64(77)63(76)60(55-72)82-70/h43,45,51,53,58-61,63-70,72-74,76-80H,3-42,44,46-50,52,54-57H2,1-2H3,(H,71,75)/b45-43+,53-51+. The van der Waals surface area contributed by atoms with Crippen molar-refractivity contribution >= 4 is 5.91 Å². The Kier molecular flexibility index (Phi) is 51.9. The van der Waals surface area contributed by atoms with Crippen molar-refractivity contribution in [2.24, 2.45) is 0 Å². The molecule has 0 bridgehead atoms. The summed E-state index contributed by atoms with van der Waals surface area (Å²) in [4.78, 5) is 13.3. The maximum Gasteiger partial charge on any atom is 0.220 e. The first-order valence-corrected chi connectivity index (χ1v) is 35.6. The minimum Gasteiger partial charge on any atom is -0.394 e. The van der Waals surface area contributed by atoms with Crippen LogP contribution in [-0.2, 0) is 23.7 Å². The molecule has 2 heterocycles. The van der Waals surface area contributed by atoms with Crippen molar-refractivity contribution in [1.29, 1.82) is 0 Å². The van der Waals surface area contributed by atoms with Gasteiger partial charge in [0.05, 0.1) is 32.0 Å². The summed E-state index contributed by atoms with van der Waals surface area (Å²) in [6, 6.07) is -0.929. The zero-order chi connectivity index (χ0) is 60.9. The molecule has 0 aromatic carbocycles. The zero-order valence-electron chi connectivity index (χ0n) is 53.9. The topological polar surface area (TPSA) is 228 Å². The molecule has 2 saturated heterocycles. The monoisotopic (exact) mass is 1200 g/mol. The number of aliphatic hydroxyl groups is 8. The molecule has 0 aromatic heterocycles. The molecule has 12 unspecified atom stereocenters. The number of carbonyl (C=O) groups is 1. The Labute approximate surface area is 513 Å². The second-order valence-corrected chi connectivity index (χ2v) is 25.4. The van der Waals surface area contributed by atoms with Gasteiger partial charge >= 0.3 is 0 Å². The van der Waals surface area contributed by atoms with Crippen LogP contribution in [0.25, 0.3) is 0 Å². The lowest BCUT2D eigenvalue weighted by atomic mass is 9.97. The molecule has 1 amide bonds. The van der Waals surface area contributed by atoms with Crippen LogP contribution in [0.4, 0.5) is 0 Å². The second-order valence-electron chi connectivity index (χ2n) is 25.4. The molecule has 2 rings (SSSR count). The fraction of sp³-hybridized carbons (Fsp3) is 0.929. The van der Waals surface area contributed by atoms with E-state index in [1.165, 1.54) is 257 Å². The summed E-state index contributed by atoms with van der Waals surface area (Å²) in [5.74, 6) is -0.242. The summed E-state index contributed by atoms with van der Waals surface area (Å²) >= 11 is 0. The number of nitrogens with one attached hydrogen (secondary N) is 1. The zero-order valence-corrected chi connectivity index (χ0v) is 53.9. The van der Waals surface area contributed by atoms with Gasteiger partial charge in [-0.15, -0.1) is 0 Å². The number of unbranched alkanes of at least 4 members (excludes halogenated alkanes) is 44. The average molecular weight is 1200 g/mol. The van der Waals surface area contributed by atoms with Crippen LogP contribution in [0.2, 0.25) is 0 Å². The van der Waals surface area contributed by atoms with Crippen LogP contribution in [0, 0.1) is 0 Å². The van der Waals surface area contributed by atoms with E-state index in [2.05, 4.69) is 31.3 Å². The highest BCUT2D eigenvalue weighted by atomic mass is 16.7. The third-order valence-electron chi connectivity index (χ3n) is 17.6. The van der Waals surface area contributed by atoms with E-state index in [9.17, 15) is 45.6 Å². The molecular weight excluding hydrogens is 1060 g/mol. The summed E-state index contributed by atoms with van der Waals surface area (Å²) in [6.07, 6.45) is 52.6. The largest absolute Gasteiger partial charge is 0.394 e. The molecule has 0 radical (unpaired) electrons. The molecule has 2 fully saturated rings. The van der Waals surface area contributed by atoms with Crippen molar-refractivity contribution < 1.29 is 64.6 Å². The Balaban J connectivity index is 1.62. The highest BCUT2D eigenvalue weighted by molar-refractivity contribution is 5.76. The summed E-state index contributed by atoms with van der Waals surface area (Å²) in [7, 11) is 0. The van der Waals surface area contributed by atoms with Crippen molar-refractivity contribution in [2.75, 3.05) is 19.8 Å². The molecule has 0 spiro atoms. The summed E-state index contributed by atoms with van der Waals surface area (Å²) < 4.78 is 22.8. The second kappa shape index (κ2) is 55.5. The number of amides is 1. The van der Waals surface area contributed by atoms with E-state index >= 15 is 0 Å². The van der Waals surface area contributed by atoms with Crippen molar-refractivity contribution in [2.45, 2.75) is 396 Å². The van der Waals surface area contributed by atoms with Crippen molar-refractivity contribution in [1.82, 2.24) is 5.32 Å². The van der Waals surface area contributed by atoms with Crippen LogP contribution in [-0.4, -0.2) is 140 Å². The molecule has 0 aromatic rings. The van der Waals surface area contributed by atoms with E-state index in [0.717, 1.165) is 32.1 Å². The Morgan fingerprint density at radius 2 is 0.762 bits per heavy atom. The first-order valence-electron chi connectivity index (χ1n) is 35.6. The number of rotatable bonds is 59. The van der Waals surface area contributed by atoms with Gasteiger partial charge in [-0.1, -0.05) is 308 Å². The predicted octanol–water partition coefficient (Wildman–Crippen LogP) is 14.3. The number of ether oxygens (including phenoxy) is 4. The lowest BCUT2D eigenvalue weighted by Gasteiger charge is -2.46. The van der Waals surface area contributed by atoms with Crippen LogP contribution < -0.4 is 5.32 Å². The van der Waals surface area contributed by atoms with Crippen LogP contribution >= 0.6 is 0 Å². The van der Waals surface area contributed by atoms with Gasteiger partial charge in [0, 0.05) is 6.42 Å². The van der Waals surface area contributed by atoms with E-state index in [1.54, 1.807) is 6.08 Å². The fourth-order valence-corrected chi connectivity index (χ4v) is 12.0. The predicted molar refractivity (Wildman–Crippen MR) is 342 cm³/mol. The molecule has 2 aliphatic rings. The lowest BCUT2D eigenvalue weighted by Crippen LogP contribution is -2.65. The molecule has 0 aliphatic carbocycles. The van der Waals surface area contributed by atoms with Crippen molar-refractivity contribution in [3.63, 3.8) is 0 Å². The molecular formula is C70H133NO13. The Bertz CT molecular complexity index is 1500. The summed E-state index contributed by atoms with van der Waals surface area (Å²) in [6.45, 7) is 2.83. The van der Waals surface area contributed by atoms with Gasteiger partial charge < -0.3 is 65.1 Å². The molecule has 0 saturated carbocycles. The normalized spacial score (nSPS) is 23.7. The first-order chi connectivity index (χ1) is 41.1. The maximum atomic E-state index is 13.3. The van der Waals surface area contributed by atoms with Crippen LogP contribution in [0.15, 0.2) is 24.3 Å². The lowest BCUT2D eigenvalue weighted by molar-refractivity contribution is -0.359. The maximum absolute atomic E-state index is 13.3. The number of hydrogen-bond donors (Lipinski definition) is 9. The minimum absolute atomic E-state index is 0.242. The quantitative estimate of drug-likeness (QED) is 0.0204. The van der Waals surface area contributed by atoms with Gasteiger partial charge in [0.25, 0.3) is 0 Å². The SMILES string of the molecule is CCCCCCCCCCCCC/C=C/CC/C=C/C(O)C(COC1OC(CO)C(OC2OC(CO)C(O)C(O)C2O)C(O)C1O)NC(=O)CCCCCCCCCCCCCCCCCCCCCCCCCCCCCCCCCCC. The number of carbonyl (C=O) groups excluding carboxylic acids is 1. The van der Waals surface area contributed by atoms with E-state index in [-0.39, 0.29) is 18.9 Å². The van der Waals surface area contributed by atoms with E-state index in [1.807, 2.05) is 6.08 Å². The molecule has 14 heteroatoms. The van der Waals surface area contributed by atoms with Crippen LogP contribution in [0.1, 0.15) is 322 Å². The van der Waals surface area contributed by atoms with Crippen LogP contribution in [0.3, 0.4) is 0 Å². The van der Waals surface area contributed by atoms with Gasteiger partial charge in [0.1, 0.15) is 48.8 Å². The molecule has 2 aliphatic heterocycles. The molecule has 12 atom stereocenters. The van der Waals surface area contributed by atoms with Crippen LogP contribution in [0.5, 0.6) is 0 Å². The highest BCUT2D eigenvalue weighted by Gasteiger charge is 2.51. The third kappa shape index (κ3) is 39.5. The third-order valence-corrected chi connectivity index (χ3v) is 17.6. The van der Waals surface area contributed by atoms with Gasteiger partial charge in [-0.05, 0) is 32.1 Å². The molecule has 84 heavy (non-hydrogen) atoms. The minimum atomic E-state index is -1.79. The smallest absolute Gasteiger partial charge is 0.220 e. The molecule has 14 nitrogen and oxygen atoms in total.